The number of hydrogen-bond donors (Lipinski definition) is 1. The van der Waals surface area contributed by atoms with Gasteiger partial charge in [0.15, 0.2) is 0 Å². The Kier molecular flexibility index (Phi) is 4.64. The van der Waals surface area contributed by atoms with E-state index in [0.29, 0.717) is 5.92 Å². The number of rotatable bonds is 6. The molecule has 0 spiro atoms. The fourth-order valence-corrected chi connectivity index (χ4v) is 2.88. The van der Waals surface area contributed by atoms with Gasteiger partial charge >= 0.3 is 0 Å². The molecule has 1 aliphatic rings. The lowest BCUT2D eigenvalue weighted by Gasteiger charge is -2.21. The maximum absolute atomic E-state index is 4.79. The van der Waals surface area contributed by atoms with Gasteiger partial charge in [-0.05, 0) is 56.2 Å². The lowest BCUT2D eigenvalue weighted by Crippen LogP contribution is -2.25. The Morgan fingerprint density at radius 3 is 2.39 bits per heavy atom. The van der Waals surface area contributed by atoms with Crippen molar-refractivity contribution >= 4 is 34.4 Å². The summed E-state index contributed by atoms with van der Waals surface area (Å²) in [5.74, 6) is 2.53. The van der Waals surface area contributed by atoms with Gasteiger partial charge in [0.25, 0.3) is 0 Å². The van der Waals surface area contributed by atoms with Crippen LogP contribution in [-0.4, -0.2) is 29.6 Å². The lowest BCUT2D eigenvalue weighted by atomic mass is 10.3. The van der Waals surface area contributed by atoms with Gasteiger partial charge in [-0.25, -0.2) is 4.98 Å². The second-order valence-electron chi connectivity index (χ2n) is 4.55. The summed E-state index contributed by atoms with van der Waals surface area (Å²) in [7, 11) is 0. The zero-order valence-electron chi connectivity index (χ0n) is 11.3. The summed E-state index contributed by atoms with van der Waals surface area (Å²) in [5, 5.41) is 3.36. The summed E-state index contributed by atoms with van der Waals surface area (Å²) in [6.07, 6.45) is 2.55. The molecular formula is C13H21IN4. The quantitative estimate of drug-likeness (QED) is 0.791. The first-order valence-corrected chi connectivity index (χ1v) is 7.85. The Morgan fingerprint density at radius 1 is 1.22 bits per heavy atom. The third-order valence-corrected chi connectivity index (χ3v) is 4.28. The van der Waals surface area contributed by atoms with Crippen molar-refractivity contribution in [2.24, 2.45) is 0 Å². The monoisotopic (exact) mass is 360 g/mol. The van der Waals surface area contributed by atoms with Crippen LogP contribution in [0.1, 0.15) is 45.2 Å². The summed E-state index contributed by atoms with van der Waals surface area (Å²) in [5.41, 5.74) is 1.24. The summed E-state index contributed by atoms with van der Waals surface area (Å²) in [4.78, 5) is 11.7. The molecule has 1 heterocycles. The zero-order valence-corrected chi connectivity index (χ0v) is 13.5. The molecule has 1 fully saturated rings. The molecule has 0 atom stereocenters. The Morgan fingerprint density at radius 2 is 1.89 bits per heavy atom. The van der Waals surface area contributed by atoms with Gasteiger partial charge in [0.1, 0.15) is 5.82 Å². The molecule has 4 nitrogen and oxygen atoms in total. The van der Waals surface area contributed by atoms with Crippen molar-refractivity contribution in [3.05, 3.63) is 9.26 Å². The van der Waals surface area contributed by atoms with Crippen molar-refractivity contribution in [2.75, 3.05) is 29.9 Å². The van der Waals surface area contributed by atoms with Crippen LogP contribution in [0.3, 0.4) is 0 Å². The van der Waals surface area contributed by atoms with Crippen LogP contribution in [0.25, 0.3) is 0 Å². The fraction of sp³-hybridized carbons (Fsp3) is 0.692. The number of halogens is 1. The van der Waals surface area contributed by atoms with Crippen LogP contribution in [0.5, 0.6) is 0 Å². The van der Waals surface area contributed by atoms with Gasteiger partial charge in [-0.1, -0.05) is 0 Å². The molecule has 0 amide bonds. The number of nitrogens with one attached hydrogen (secondary N) is 1. The number of nitrogens with zero attached hydrogens (tertiary/aromatic N) is 3. The average molecular weight is 360 g/mol. The Labute approximate surface area is 123 Å². The molecule has 1 aromatic heterocycles. The standard InChI is InChI=1S/C13H21IN4/c1-4-15-12-10(14)11(9-7-8-9)16-13(17-12)18(5-2)6-3/h9H,4-8H2,1-3H3,(H,15,16,17). The highest BCUT2D eigenvalue weighted by molar-refractivity contribution is 14.1. The molecule has 0 aliphatic heterocycles. The number of hydrogen-bond acceptors (Lipinski definition) is 4. The van der Waals surface area contributed by atoms with Crippen molar-refractivity contribution in [3.63, 3.8) is 0 Å². The molecule has 1 aromatic rings. The van der Waals surface area contributed by atoms with Crippen LogP contribution in [0.4, 0.5) is 11.8 Å². The fourth-order valence-electron chi connectivity index (χ4n) is 2.01. The van der Waals surface area contributed by atoms with Gasteiger partial charge in [-0.3, -0.25) is 0 Å². The number of aromatic nitrogens is 2. The molecule has 0 radical (unpaired) electrons. The first-order valence-electron chi connectivity index (χ1n) is 6.77. The molecule has 1 aliphatic carbocycles. The van der Waals surface area contributed by atoms with Crippen LogP contribution >= 0.6 is 22.6 Å². The molecule has 5 heteroatoms. The van der Waals surface area contributed by atoms with Crippen LogP contribution in [0.15, 0.2) is 0 Å². The van der Waals surface area contributed by atoms with Gasteiger partial charge in [0.05, 0.1) is 9.26 Å². The minimum atomic E-state index is 0.659. The van der Waals surface area contributed by atoms with Crippen LogP contribution in [-0.2, 0) is 0 Å². The second kappa shape index (κ2) is 6.04. The lowest BCUT2D eigenvalue weighted by molar-refractivity contribution is 0.806. The molecule has 0 saturated heterocycles. The summed E-state index contributed by atoms with van der Waals surface area (Å²) >= 11 is 2.38. The highest BCUT2D eigenvalue weighted by Crippen LogP contribution is 2.42. The molecule has 0 unspecified atom stereocenters. The predicted molar refractivity (Wildman–Crippen MR) is 84.4 cm³/mol. The Balaban J connectivity index is 2.40. The maximum atomic E-state index is 4.79. The summed E-state index contributed by atoms with van der Waals surface area (Å²) in [6, 6.07) is 0. The van der Waals surface area contributed by atoms with E-state index in [1.807, 2.05) is 0 Å². The van der Waals surface area contributed by atoms with Gasteiger partial charge in [-0.15, -0.1) is 0 Å². The van der Waals surface area contributed by atoms with Crippen molar-refractivity contribution in [1.29, 1.82) is 0 Å². The topological polar surface area (TPSA) is 41.1 Å². The number of anilines is 2. The molecule has 18 heavy (non-hydrogen) atoms. The van der Waals surface area contributed by atoms with Crippen LogP contribution < -0.4 is 10.2 Å². The molecule has 0 aromatic carbocycles. The van der Waals surface area contributed by atoms with E-state index in [4.69, 9.17) is 4.98 Å². The normalized spacial score (nSPS) is 14.7. The van der Waals surface area contributed by atoms with Gasteiger partial charge in [0.2, 0.25) is 5.95 Å². The molecule has 0 bridgehead atoms. The molecule has 1 saturated carbocycles. The minimum absolute atomic E-state index is 0.659. The third-order valence-electron chi connectivity index (χ3n) is 3.22. The van der Waals surface area contributed by atoms with Crippen molar-refractivity contribution in [1.82, 2.24) is 9.97 Å². The van der Waals surface area contributed by atoms with E-state index in [-0.39, 0.29) is 0 Å². The molecular weight excluding hydrogens is 339 g/mol. The van der Waals surface area contributed by atoms with E-state index in [2.05, 4.69) is 58.6 Å². The van der Waals surface area contributed by atoms with E-state index < -0.39 is 0 Å². The zero-order chi connectivity index (χ0) is 13.1. The predicted octanol–water partition coefficient (Wildman–Crippen LogP) is 3.24. The largest absolute Gasteiger partial charge is 0.369 e. The SMILES string of the molecule is CCNc1nc(N(CC)CC)nc(C2CC2)c1I. The Bertz CT molecular complexity index is 414. The van der Waals surface area contributed by atoms with Gasteiger partial charge in [0, 0.05) is 25.6 Å². The van der Waals surface area contributed by atoms with Crippen molar-refractivity contribution < 1.29 is 0 Å². The van der Waals surface area contributed by atoms with Crippen LogP contribution in [0.2, 0.25) is 0 Å². The van der Waals surface area contributed by atoms with E-state index in [1.165, 1.54) is 22.1 Å². The summed E-state index contributed by atoms with van der Waals surface area (Å²) in [6.45, 7) is 9.20. The second-order valence-corrected chi connectivity index (χ2v) is 5.63. The van der Waals surface area contributed by atoms with E-state index in [0.717, 1.165) is 31.4 Å². The molecule has 2 rings (SSSR count). The molecule has 1 N–H and O–H groups in total. The first kappa shape index (κ1) is 13.8. The Hall–Kier alpha value is -0.590. The maximum Gasteiger partial charge on any atom is 0.227 e. The van der Waals surface area contributed by atoms with Gasteiger partial charge in [-0.2, -0.15) is 4.98 Å². The highest BCUT2D eigenvalue weighted by atomic mass is 127. The van der Waals surface area contributed by atoms with E-state index >= 15 is 0 Å². The molecule has 100 valence electrons. The average Bonchev–Trinajstić information content (AvgIpc) is 3.18. The smallest absolute Gasteiger partial charge is 0.227 e. The van der Waals surface area contributed by atoms with E-state index in [1.54, 1.807) is 0 Å². The minimum Gasteiger partial charge on any atom is -0.369 e. The third kappa shape index (κ3) is 2.87. The highest BCUT2D eigenvalue weighted by Gasteiger charge is 2.29. The van der Waals surface area contributed by atoms with Crippen LogP contribution in [0, 0.1) is 3.57 Å². The van der Waals surface area contributed by atoms with Crippen molar-refractivity contribution in [3.8, 4) is 0 Å². The van der Waals surface area contributed by atoms with Crippen molar-refractivity contribution in [2.45, 2.75) is 39.5 Å². The van der Waals surface area contributed by atoms with Gasteiger partial charge < -0.3 is 10.2 Å². The summed E-state index contributed by atoms with van der Waals surface area (Å²) < 4.78 is 1.20. The first-order chi connectivity index (χ1) is 8.71. The van der Waals surface area contributed by atoms with E-state index in [9.17, 15) is 0 Å².